The highest BCUT2D eigenvalue weighted by molar-refractivity contribution is 8.14. The number of thioether (sulfide) groups is 1. The molecule has 0 bridgehead atoms. The van der Waals surface area contributed by atoms with Crippen molar-refractivity contribution >= 4 is 16.8 Å². The lowest BCUT2D eigenvalue weighted by atomic mass is 9.87. The molecule has 0 saturated carbocycles. The molecule has 1 aromatic rings. The van der Waals surface area contributed by atoms with E-state index >= 15 is 0 Å². The summed E-state index contributed by atoms with van der Waals surface area (Å²) >= 11 is 1.84. The number of hydrogen-bond donors (Lipinski definition) is 0. The summed E-state index contributed by atoms with van der Waals surface area (Å²) in [5.41, 5.74) is 2.83. The molecule has 0 amide bonds. The SMILES string of the molecule is CCSC1=NC(C)(CC)C(Cc2ccccc2)=C1. The number of aliphatic imine (C=N–C) groups is 1. The van der Waals surface area contributed by atoms with Gasteiger partial charge in [0.05, 0.1) is 10.6 Å². The predicted octanol–water partition coefficient (Wildman–Crippen LogP) is 4.49. The molecule has 0 aromatic heterocycles. The smallest absolute Gasteiger partial charge is 0.0915 e. The van der Waals surface area contributed by atoms with Crippen molar-refractivity contribution < 1.29 is 0 Å². The Morgan fingerprint density at radius 1 is 1.17 bits per heavy atom. The van der Waals surface area contributed by atoms with Crippen molar-refractivity contribution in [2.45, 2.75) is 39.2 Å². The maximum atomic E-state index is 4.89. The summed E-state index contributed by atoms with van der Waals surface area (Å²) in [7, 11) is 0. The Morgan fingerprint density at radius 2 is 1.89 bits per heavy atom. The third-order valence-corrected chi connectivity index (χ3v) is 4.36. The standard InChI is InChI=1S/C16H21NS/c1-4-16(3)14(12-15(17-16)18-5-2)11-13-9-7-6-8-10-13/h6-10,12H,4-5,11H2,1-3H3. The minimum Gasteiger partial charge on any atom is -0.268 e. The molecule has 0 aliphatic carbocycles. The average molecular weight is 259 g/mol. The first-order chi connectivity index (χ1) is 8.68. The minimum absolute atomic E-state index is 0.00729. The van der Waals surface area contributed by atoms with Crippen molar-refractivity contribution in [3.05, 3.63) is 47.5 Å². The van der Waals surface area contributed by atoms with Crippen LogP contribution in [0.4, 0.5) is 0 Å². The van der Waals surface area contributed by atoms with E-state index < -0.39 is 0 Å². The molecule has 1 heterocycles. The van der Waals surface area contributed by atoms with Gasteiger partial charge in [-0.2, -0.15) is 0 Å². The Morgan fingerprint density at radius 3 is 2.50 bits per heavy atom. The van der Waals surface area contributed by atoms with Crippen molar-refractivity contribution in [1.29, 1.82) is 0 Å². The van der Waals surface area contributed by atoms with Crippen LogP contribution in [0.2, 0.25) is 0 Å². The molecule has 1 unspecified atom stereocenters. The Labute approximate surface area is 114 Å². The molecule has 0 spiro atoms. The van der Waals surface area contributed by atoms with E-state index in [0.717, 1.165) is 18.6 Å². The van der Waals surface area contributed by atoms with Crippen LogP contribution in [0.25, 0.3) is 0 Å². The lowest BCUT2D eigenvalue weighted by Gasteiger charge is -2.23. The highest BCUT2D eigenvalue weighted by atomic mass is 32.2. The monoisotopic (exact) mass is 259 g/mol. The van der Waals surface area contributed by atoms with Crippen LogP contribution in [0.3, 0.4) is 0 Å². The van der Waals surface area contributed by atoms with Crippen LogP contribution in [0.1, 0.15) is 32.8 Å². The molecule has 0 saturated heterocycles. The van der Waals surface area contributed by atoms with Crippen LogP contribution in [-0.2, 0) is 6.42 Å². The van der Waals surface area contributed by atoms with Gasteiger partial charge in [-0.25, -0.2) is 0 Å². The normalized spacial score (nSPS) is 22.8. The topological polar surface area (TPSA) is 12.4 Å². The zero-order chi connectivity index (χ0) is 13.0. The summed E-state index contributed by atoms with van der Waals surface area (Å²) < 4.78 is 0. The fourth-order valence-electron chi connectivity index (χ4n) is 2.24. The van der Waals surface area contributed by atoms with Crippen molar-refractivity contribution in [3.8, 4) is 0 Å². The fourth-order valence-corrected chi connectivity index (χ4v) is 3.02. The molecule has 96 valence electrons. The molecule has 1 atom stereocenters. The Kier molecular flexibility index (Phi) is 4.28. The zero-order valence-electron chi connectivity index (χ0n) is 11.4. The van der Waals surface area contributed by atoms with Crippen LogP contribution in [0.5, 0.6) is 0 Å². The van der Waals surface area contributed by atoms with Gasteiger partial charge in [-0.3, -0.25) is 4.99 Å². The Balaban J connectivity index is 2.19. The van der Waals surface area contributed by atoms with Crippen LogP contribution >= 0.6 is 11.8 Å². The lowest BCUT2D eigenvalue weighted by Crippen LogP contribution is -2.22. The second-order valence-corrected chi connectivity index (χ2v) is 6.13. The predicted molar refractivity (Wildman–Crippen MR) is 82.5 cm³/mol. The highest BCUT2D eigenvalue weighted by Gasteiger charge is 2.31. The highest BCUT2D eigenvalue weighted by Crippen LogP contribution is 2.35. The zero-order valence-corrected chi connectivity index (χ0v) is 12.3. The fraction of sp³-hybridized carbons (Fsp3) is 0.438. The van der Waals surface area contributed by atoms with Gasteiger partial charge in [0.25, 0.3) is 0 Å². The maximum absolute atomic E-state index is 4.89. The molecule has 1 aromatic carbocycles. The molecule has 0 radical (unpaired) electrons. The van der Waals surface area contributed by atoms with Gasteiger partial charge >= 0.3 is 0 Å². The second kappa shape index (κ2) is 5.75. The average Bonchev–Trinajstić information content (AvgIpc) is 2.69. The van der Waals surface area contributed by atoms with Gasteiger partial charge in [0.2, 0.25) is 0 Å². The summed E-state index contributed by atoms with van der Waals surface area (Å²) in [6, 6.07) is 10.7. The number of benzene rings is 1. The van der Waals surface area contributed by atoms with E-state index in [4.69, 9.17) is 4.99 Å². The van der Waals surface area contributed by atoms with Gasteiger partial charge in [0, 0.05) is 0 Å². The first-order valence-corrected chi connectivity index (χ1v) is 7.64. The molecule has 1 nitrogen and oxygen atoms in total. The maximum Gasteiger partial charge on any atom is 0.0915 e. The Hall–Kier alpha value is -1.02. The molecular formula is C16H21NS. The van der Waals surface area contributed by atoms with Crippen molar-refractivity contribution in [2.24, 2.45) is 4.99 Å². The van der Waals surface area contributed by atoms with Crippen molar-refractivity contribution in [2.75, 3.05) is 5.75 Å². The first-order valence-electron chi connectivity index (χ1n) is 6.65. The summed E-state index contributed by atoms with van der Waals surface area (Å²) in [5.74, 6) is 1.09. The largest absolute Gasteiger partial charge is 0.268 e. The van der Waals surface area contributed by atoms with Gasteiger partial charge in [0.1, 0.15) is 0 Å². The lowest BCUT2D eigenvalue weighted by molar-refractivity contribution is 0.534. The first kappa shape index (κ1) is 13.4. The van der Waals surface area contributed by atoms with Gasteiger partial charge in [0.15, 0.2) is 0 Å². The molecular weight excluding hydrogens is 238 g/mol. The van der Waals surface area contributed by atoms with E-state index in [0.29, 0.717) is 0 Å². The van der Waals surface area contributed by atoms with E-state index in [-0.39, 0.29) is 5.54 Å². The number of rotatable bonds is 4. The quantitative estimate of drug-likeness (QED) is 0.776. The summed E-state index contributed by atoms with van der Waals surface area (Å²) in [6.07, 6.45) is 4.38. The van der Waals surface area contributed by atoms with Crippen molar-refractivity contribution in [1.82, 2.24) is 0 Å². The Bertz CT molecular complexity index is 461. The third kappa shape index (κ3) is 2.86. The molecule has 0 fully saturated rings. The molecule has 1 aliphatic heterocycles. The van der Waals surface area contributed by atoms with Crippen LogP contribution in [0.15, 0.2) is 47.0 Å². The van der Waals surface area contributed by atoms with Gasteiger partial charge in [-0.15, -0.1) is 11.8 Å². The van der Waals surface area contributed by atoms with E-state index in [1.165, 1.54) is 16.2 Å². The van der Waals surface area contributed by atoms with Gasteiger partial charge in [-0.1, -0.05) is 44.2 Å². The van der Waals surface area contributed by atoms with E-state index in [9.17, 15) is 0 Å². The molecule has 0 N–H and O–H groups in total. The second-order valence-electron chi connectivity index (χ2n) is 4.84. The summed E-state index contributed by atoms with van der Waals surface area (Å²) in [4.78, 5) is 4.89. The van der Waals surface area contributed by atoms with E-state index in [2.05, 4.69) is 57.2 Å². The molecule has 18 heavy (non-hydrogen) atoms. The van der Waals surface area contributed by atoms with Gasteiger partial charge < -0.3 is 0 Å². The third-order valence-electron chi connectivity index (χ3n) is 3.56. The van der Waals surface area contributed by atoms with Crippen LogP contribution in [0, 0.1) is 0 Å². The van der Waals surface area contributed by atoms with Crippen LogP contribution in [-0.4, -0.2) is 16.3 Å². The minimum atomic E-state index is 0.00729. The molecule has 2 heteroatoms. The summed E-state index contributed by atoms with van der Waals surface area (Å²) in [5, 5.41) is 1.20. The number of nitrogens with zero attached hydrogens (tertiary/aromatic N) is 1. The molecule has 2 rings (SSSR count). The summed E-state index contributed by atoms with van der Waals surface area (Å²) in [6.45, 7) is 6.66. The molecule has 1 aliphatic rings. The number of hydrogen-bond acceptors (Lipinski definition) is 2. The van der Waals surface area contributed by atoms with Crippen molar-refractivity contribution in [3.63, 3.8) is 0 Å². The van der Waals surface area contributed by atoms with E-state index in [1.54, 1.807) is 0 Å². The van der Waals surface area contributed by atoms with Crippen LogP contribution < -0.4 is 0 Å². The van der Waals surface area contributed by atoms with Gasteiger partial charge in [-0.05, 0) is 42.7 Å². The van der Waals surface area contributed by atoms with E-state index in [1.807, 2.05) is 11.8 Å².